The smallest absolute Gasteiger partial charge is 0.272 e. The van der Waals surface area contributed by atoms with Gasteiger partial charge in [0.1, 0.15) is 5.82 Å². The van der Waals surface area contributed by atoms with Gasteiger partial charge in [-0.15, -0.1) is 10.2 Å². The highest BCUT2D eigenvalue weighted by molar-refractivity contribution is 5.92. The molecule has 2 aromatic rings. The van der Waals surface area contributed by atoms with Crippen LogP contribution in [-0.4, -0.2) is 27.1 Å². The van der Waals surface area contributed by atoms with Gasteiger partial charge in [0.05, 0.1) is 0 Å². The molecule has 20 heavy (non-hydrogen) atoms. The molecule has 0 spiro atoms. The van der Waals surface area contributed by atoms with E-state index in [-0.39, 0.29) is 11.9 Å². The zero-order valence-corrected chi connectivity index (χ0v) is 11.5. The Hall–Kier alpha value is -2.50. The maximum Gasteiger partial charge on any atom is 0.272 e. The number of rotatable bonds is 5. The maximum atomic E-state index is 11.9. The summed E-state index contributed by atoms with van der Waals surface area (Å²) in [4.78, 5) is 15.8. The molecule has 0 bridgehead atoms. The maximum absolute atomic E-state index is 11.9. The normalized spacial score (nSPS) is 10.3. The molecule has 0 aromatic carbocycles. The van der Waals surface area contributed by atoms with Crippen LogP contribution in [0.3, 0.4) is 0 Å². The Labute approximate surface area is 117 Å². The average molecular weight is 271 g/mol. The molecule has 1 amide bonds. The van der Waals surface area contributed by atoms with Gasteiger partial charge in [-0.1, -0.05) is 0 Å². The lowest BCUT2D eigenvalue weighted by Gasteiger charge is -2.08. The van der Waals surface area contributed by atoms with E-state index in [0.29, 0.717) is 18.1 Å². The van der Waals surface area contributed by atoms with Crippen molar-refractivity contribution in [1.82, 2.24) is 20.5 Å². The van der Waals surface area contributed by atoms with Crippen molar-refractivity contribution in [3.8, 4) is 0 Å². The van der Waals surface area contributed by atoms with Gasteiger partial charge in [0.15, 0.2) is 5.69 Å². The lowest BCUT2D eigenvalue weighted by molar-refractivity contribution is 0.0945. The minimum Gasteiger partial charge on any atom is -0.366 e. The van der Waals surface area contributed by atoms with Crippen LogP contribution in [0.4, 0.5) is 5.82 Å². The number of amides is 1. The summed E-state index contributed by atoms with van der Waals surface area (Å²) in [5.41, 5.74) is 1.28. The first-order valence-electron chi connectivity index (χ1n) is 6.42. The summed E-state index contributed by atoms with van der Waals surface area (Å²) in [5, 5.41) is 13.8. The van der Waals surface area contributed by atoms with Crippen LogP contribution in [0.25, 0.3) is 0 Å². The largest absolute Gasteiger partial charge is 0.366 e. The molecular weight excluding hydrogens is 254 g/mol. The predicted molar refractivity (Wildman–Crippen MR) is 76.2 cm³/mol. The van der Waals surface area contributed by atoms with Crippen LogP contribution in [0.5, 0.6) is 0 Å². The summed E-state index contributed by atoms with van der Waals surface area (Å²) in [6, 6.07) is 7.37. The number of anilines is 1. The van der Waals surface area contributed by atoms with Gasteiger partial charge >= 0.3 is 0 Å². The molecule has 0 saturated carbocycles. The van der Waals surface area contributed by atoms with Crippen molar-refractivity contribution in [1.29, 1.82) is 0 Å². The van der Waals surface area contributed by atoms with Gasteiger partial charge < -0.3 is 10.6 Å². The fourth-order valence-electron chi connectivity index (χ4n) is 1.60. The monoisotopic (exact) mass is 271 g/mol. The van der Waals surface area contributed by atoms with Crippen LogP contribution in [0.1, 0.15) is 29.9 Å². The molecule has 0 fully saturated rings. The molecule has 0 saturated heterocycles. The molecule has 0 atom stereocenters. The van der Waals surface area contributed by atoms with E-state index in [2.05, 4.69) is 25.8 Å². The molecule has 0 aliphatic rings. The van der Waals surface area contributed by atoms with Gasteiger partial charge in [0.2, 0.25) is 0 Å². The fourth-order valence-corrected chi connectivity index (χ4v) is 1.60. The van der Waals surface area contributed by atoms with E-state index in [9.17, 15) is 4.79 Å². The van der Waals surface area contributed by atoms with E-state index in [0.717, 1.165) is 5.56 Å². The van der Waals surface area contributed by atoms with Crippen LogP contribution < -0.4 is 10.6 Å². The first kappa shape index (κ1) is 13.9. The van der Waals surface area contributed by atoms with Crippen molar-refractivity contribution in [2.75, 3.05) is 5.32 Å². The topological polar surface area (TPSA) is 79.8 Å². The molecule has 2 aromatic heterocycles. The lowest BCUT2D eigenvalue weighted by atomic mass is 10.2. The summed E-state index contributed by atoms with van der Waals surface area (Å²) in [6.07, 6.45) is 3.38. The Bertz CT molecular complexity index is 554. The third kappa shape index (κ3) is 4.01. The highest BCUT2D eigenvalue weighted by atomic mass is 16.1. The van der Waals surface area contributed by atoms with Crippen molar-refractivity contribution in [2.45, 2.75) is 26.4 Å². The molecule has 0 aliphatic carbocycles. The second kappa shape index (κ2) is 6.60. The van der Waals surface area contributed by atoms with E-state index < -0.39 is 0 Å². The number of hydrogen-bond acceptors (Lipinski definition) is 5. The third-order valence-electron chi connectivity index (χ3n) is 2.54. The second-order valence-corrected chi connectivity index (χ2v) is 4.64. The zero-order chi connectivity index (χ0) is 14.4. The molecule has 0 aliphatic heterocycles. The van der Waals surface area contributed by atoms with Crippen LogP contribution in [0.15, 0.2) is 36.7 Å². The number of nitrogens with one attached hydrogen (secondary N) is 2. The molecule has 2 rings (SSSR count). The first-order chi connectivity index (χ1) is 9.65. The van der Waals surface area contributed by atoms with Gasteiger partial charge in [-0.3, -0.25) is 9.78 Å². The summed E-state index contributed by atoms with van der Waals surface area (Å²) in [7, 11) is 0. The molecule has 2 heterocycles. The number of nitrogens with zero attached hydrogens (tertiary/aromatic N) is 3. The summed E-state index contributed by atoms with van der Waals surface area (Å²) < 4.78 is 0. The molecule has 0 unspecified atom stereocenters. The van der Waals surface area contributed by atoms with Crippen LogP contribution in [0, 0.1) is 0 Å². The van der Waals surface area contributed by atoms with Gasteiger partial charge in [0.25, 0.3) is 5.91 Å². The molecule has 6 heteroatoms. The Morgan fingerprint density at radius 2 is 1.90 bits per heavy atom. The van der Waals surface area contributed by atoms with Crippen molar-refractivity contribution in [2.24, 2.45) is 0 Å². The molecule has 2 N–H and O–H groups in total. The van der Waals surface area contributed by atoms with Gasteiger partial charge in [0, 0.05) is 25.0 Å². The lowest BCUT2D eigenvalue weighted by Crippen LogP contribution is -2.24. The molecule has 0 radical (unpaired) electrons. The third-order valence-corrected chi connectivity index (χ3v) is 2.54. The number of pyridine rings is 1. The van der Waals surface area contributed by atoms with Crippen molar-refractivity contribution >= 4 is 11.7 Å². The van der Waals surface area contributed by atoms with Gasteiger partial charge in [-0.2, -0.15) is 0 Å². The SMILES string of the molecule is CC(C)Nc1ccc(C(=O)NCc2ccncc2)nn1. The highest BCUT2D eigenvalue weighted by Gasteiger charge is 2.08. The minimum absolute atomic E-state index is 0.245. The number of carbonyl (C=O) groups is 1. The van der Waals surface area contributed by atoms with E-state index in [4.69, 9.17) is 0 Å². The van der Waals surface area contributed by atoms with E-state index in [1.165, 1.54) is 0 Å². The first-order valence-corrected chi connectivity index (χ1v) is 6.42. The predicted octanol–water partition coefficient (Wildman–Crippen LogP) is 1.62. The van der Waals surface area contributed by atoms with E-state index in [1.807, 2.05) is 26.0 Å². The van der Waals surface area contributed by atoms with Crippen molar-refractivity contribution in [3.63, 3.8) is 0 Å². The summed E-state index contributed by atoms with van der Waals surface area (Å²) in [6.45, 7) is 4.46. The number of aromatic nitrogens is 3. The van der Waals surface area contributed by atoms with Crippen LogP contribution >= 0.6 is 0 Å². The Kier molecular flexibility index (Phi) is 4.60. The minimum atomic E-state index is -0.245. The molecule has 6 nitrogen and oxygen atoms in total. The number of carbonyl (C=O) groups excluding carboxylic acids is 1. The Morgan fingerprint density at radius 3 is 2.50 bits per heavy atom. The summed E-state index contributed by atoms with van der Waals surface area (Å²) >= 11 is 0. The second-order valence-electron chi connectivity index (χ2n) is 4.64. The quantitative estimate of drug-likeness (QED) is 0.864. The zero-order valence-electron chi connectivity index (χ0n) is 11.5. The summed E-state index contributed by atoms with van der Waals surface area (Å²) in [5.74, 6) is 0.413. The molecular formula is C14H17N5O. The van der Waals surface area contributed by atoms with Gasteiger partial charge in [-0.05, 0) is 43.7 Å². The van der Waals surface area contributed by atoms with Crippen LogP contribution in [0.2, 0.25) is 0 Å². The Morgan fingerprint density at radius 1 is 1.15 bits per heavy atom. The van der Waals surface area contributed by atoms with Crippen molar-refractivity contribution < 1.29 is 4.79 Å². The van der Waals surface area contributed by atoms with Crippen LogP contribution in [-0.2, 0) is 6.54 Å². The standard InChI is InChI=1S/C14H17N5O/c1-10(2)17-13-4-3-12(18-19-13)14(20)16-9-11-5-7-15-8-6-11/h3-8,10H,9H2,1-2H3,(H,16,20)(H,17,19). The van der Waals surface area contributed by atoms with E-state index >= 15 is 0 Å². The fraction of sp³-hybridized carbons (Fsp3) is 0.286. The van der Waals surface area contributed by atoms with Crippen molar-refractivity contribution in [3.05, 3.63) is 47.9 Å². The van der Waals surface area contributed by atoms with E-state index in [1.54, 1.807) is 24.5 Å². The average Bonchev–Trinajstić information content (AvgIpc) is 2.46. The van der Waals surface area contributed by atoms with Gasteiger partial charge in [-0.25, -0.2) is 0 Å². The number of hydrogen-bond donors (Lipinski definition) is 2. The molecule has 104 valence electrons. The highest BCUT2D eigenvalue weighted by Crippen LogP contribution is 2.04. The Balaban J connectivity index is 1.92.